The maximum Gasteiger partial charge on any atom is 0.322 e. The second-order valence-electron chi connectivity index (χ2n) is 4.48. The van der Waals surface area contributed by atoms with Crippen LogP contribution in [0.5, 0.6) is 6.01 Å². The van der Waals surface area contributed by atoms with Gasteiger partial charge in [0.15, 0.2) is 0 Å². The van der Waals surface area contributed by atoms with Crippen LogP contribution in [0.1, 0.15) is 25.0 Å². The van der Waals surface area contributed by atoms with Gasteiger partial charge in [0.05, 0.1) is 7.11 Å². The highest BCUT2D eigenvalue weighted by Gasteiger charge is 2.07. The number of rotatable bonds is 7. The van der Waals surface area contributed by atoms with Crippen molar-refractivity contribution in [1.82, 2.24) is 15.0 Å². The molecule has 0 aliphatic heterocycles. The highest BCUT2D eigenvalue weighted by molar-refractivity contribution is 5.37. The van der Waals surface area contributed by atoms with Crippen molar-refractivity contribution < 1.29 is 4.74 Å². The van der Waals surface area contributed by atoms with Crippen molar-refractivity contribution in [1.29, 1.82) is 0 Å². The van der Waals surface area contributed by atoms with Gasteiger partial charge in [-0.25, -0.2) is 0 Å². The lowest BCUT2D eigenvalue weighted by Crippen LogP contribution is -2.10. The molecule has 1 aromatic heterocycles. The first-order valence-electron chi connectivity index (χ1n) is 7.11. The van der Waals surface area contributed by atoms with Crippen molar-refractivity contribution >= 4 is 11.9 Å². The molecular formula is C15H21N5O. The number of aryl methyl sites for hydroxylation is 1. The molecule has 6 nitrogen and oxygen atoms in total. The van der Waals surface area contributed by atoms with E-state index < -0.39 is 0 Å². The number of hydrogen-bond donors (Lipinski definition) is 2. The summed E-state index contributed by atoms with van der Waals surface area (Å²) in [6.45, 7) is 5.54. The summed E-state index contributed by atoms with van der Waals surface area (Å²) in [5, 5.41) is 6.29. The topological polar surface area (TPSA) is 72.0 Å². The van der Waals surface area contributed by atoms with Crippen LogP contribution in [0.3, 0.4) is 0 Å². The van der Waals surface area contributed by atoms with Gasteiger partial charge >= 0.3 is 6.01 Å². The number of benzene rings is 1. The van der Waals surface area contributed by atoms with E-state index in [4.69, 9.17) is 4.74 Å². The Bertz CT molecular complexity index is 588. The fourth-order valence-corrected chi connectivity index (χ4v) is 2.01. The van der Waals surface area contributed by atoms with Crippen LogP contribution in [0, 0.1) is 0 Å². The average Bonchev–Trinajstić information content (AvgIpc) is 2.53. The standard InChI is InChI=1S/C15H21N5O/c1-4-11-8-6-7-9-12(11)10-17-14-18-13(16-5-2)19-15(20-14)21-3/h6-9H,4-5,10H2,1-3H3,(H2,16,17,18,19,20). The first kappa shape index (κ1) is 15.0. The molecule has 1 heterocycles. The van der Waals surface area contributed by atoms with E-state index in [1.807, 2.05) is 13.0 Å². The van der Waals surface area contributed by atoms with Crippen molar-refractivity contribution in [2.45, 2.75) is 26.8 Å². The predicted octanol–water partition coefficient (Wildman–Crippen LogP) is 2.49. The van der Waals surface area contributed by atoms with Crippen molar-refractivity contribution in [3.63, 3.8) is 0 Å². The summed E-state index contributed by atoms with van der Waals surface area (Å²) in [5.74, 6) is 1.01. The molecule has 6 heteroatoms. The molecular weight excluding hydrogens is 266 g/mol. The Hall–Kier alpha value is -2.37. The normalized spacial score (nSPS) is 10.2. The molecule has 0 aliphatic carbocycles. The minimum atomic E-state index is 0.298. The molecule has 0 fully saturated rings. The van der Waals surface area contributed by atoms with Gasteiger partial charge in [0, 0.05) is 13.1 Å². The molecule has 0 unspecified atom stereocenters. The van der Waals surface area contributed by atoms with Crippen LogP contribution in [-0.4, -0.2) is 28.6 Å². The molecule has 0 saturated carbocycles. The maximum absolute atomic E-state index is 5.10. The van der Waals surface area contributed by atoms with Gasteiger partial charge < -0.3 is 15.4 Å². The number of hydrogen-bond acceptors (Lipinski definition) is 6. The zero-order chi connectivity index (χ0) is 15.1. The highest BCUT2D eigenvalue weighted by Crippen LogP contribution is 2.14. The van der Waals surface area contributed by atoms with E-state index in [9.17, 15) is 0 Å². The molecule has 1 aromatic carbocycles. The van der Waals surface area contributed by atoms with E-state index in [0.29, 0.717) is 24.5 Å². The number of methoxy groups -OCH3 is 1. The van der Waals surface area contributed by atoms with Crippen molar-refractivity contribution in [2.24, 2.45) is 0 Å². The summed E-state index contributed by atoms with van der Waals surface area (Å²) < 4.78 is 5.10. The third-order valence-electron chi connectivity index (χ3n) is 3.07. The molecule has 0 amide bonds. The van der Waals surface area contributed by atoms with Crippen LogP contribution < -0.4 is 15.4 Å². The fourth-order valence-electron chi connectivity index (χ4n) is 2.01. The quantitative estimate of drug-likeness (QED) is 0.815. The molecule has 2 rings (SSSR count). The molecule has 112 valence electrons. The summed E-state index contributed by atoms with van der Waals surface area (Å²) >= 11 is 0. The molecule has 21 heavy (non-hydrogen) atoms. The van der Waals surface area contributed by atoms with Crippen LogP contribution in [0.4, 0.5) is 11.9 Å². The molecule has 0 spiro atoms. The molecule has 0 aliphatic rings. The number of ether oxygens (including phenoxy) is 1. The fraction of sp³-hybridized carbons (Fsp3) is 0.400. The Kier molecular flexibility index (Phi) is 5.31. The predicted molar refractivity (Wildman–Crippen MR) is 83.7 cm³/mol. The Morgan fingerprint density at radius 3 is 2.24 bits per heavy atom. The monoisotopic (exact) mass is 287 g/mol. The van der Waals surface area contributed by atoms with Gasteiger partial charge in [-0.3, -0.25) is 0 Å². The zero-order valence-electron chi connectivity index (χ0n) is 12.7. The summed E-state index contributed by atoms with van der Waals surface area (Å²) in [6.07, 6.45) is 1.00. The molecule has 0 bridgehead atoms. The third-order valence-corrected chi connectivity index (χ3v) is 3.07. The zero-order valence-corrected chi connectivity index (χ0v) is 12.7. The van der Waals surface area contributed by atoms with Crippen LogP contribution in [-0.2, 0) is 13.0 Å². The van der Waals surface area contributed by atoms with Crippen LogP contribution in [0.2, 0.25) is 0 Å². The third kappa shape index (κ3) is 4.05. The van der Waals surface area contributed by atoms with Crippen molar-refractivity contribution in [2.75, 3.05) is 24.3 Å². The Balaban J connectivity index is 2.13. The SMILES string of the molecule is CCNc1nc(NCc2ccccc2CC)nc(OC)n1. The van der Waals surface area contributed by atoms with Gasteiger partial charge in [-0.05, 0) is 24.5 Å². The van der Waals surface area contributed by atoms with E-state index in [1.165, 1.54) is 11.1 Å². The summed E-state index contributed by atoms with van der Waals surface area (Å²) in [7, 11) is 1.54. The minimum absolute atomic E-state index is 0.298. The number of nitrogens with zero attached hydrogens (tertiary/aromatic N) is 3. The maximum atomic E-state index is 5.10. The minimum Gasteiger partial charge on any atom is -0.467 e. The van der Waals surface area contributed by atoms with Gasteiger partial charge in [-0.15, -0.1) is 0 Å². The Morgan fingerprint density at radius 1 is 0.952 bits per heavy atom. The van der Waals surface area contributed by atoms with E-state index in [-0.39, 0.29) is 0 Å². The lowest BCUT2D eigenvalue weighted by Gasteiger charge is -2.10. The Labute approximate surface area is 125 Å². The second kappa shape index (κ2) is 7.42. The lowest BCUT2D eigenvalue weighted by atomic mass is 10.1. The van der Waals surface area contributed by atoms with Gasteiger partial charge in [0.25, 0.3) is 0 Å². The van der Waals surface area contributed by atoms with E-state index in [2.05, 4.69) is 50.7 Å². The number of anilines is 2. The highest BCUT2D eigenvalue weighted by atomic mass is 16.5. The van der Waals surface area contributed by atoms with Gasteiger partial charge in [0.2, 0.25) is 11.9 Å². The van der Waals surface area contributed by atoms with Gasteiger partial charge in [-0.2, -0.15) is 15.0 Å². The van der Waals surface area contributed by atoms with Gasteiger partial charge in [0.1, 0.15) is 0 Å². The van der Waals surface area contributed by atoms with Gasteiger partial charge in [-0.1, -0.05) is 31.2 Å². The van der Waals surface area contributed by atoms with Crippen LogP contribution in [0.15, 0.2) is 24.3 Å². The Morgan fingerprint density at radius 2 is 1.62 bits per heavy atom. The summed E-state index contributed by atoms with van der Waals surface area (Å²) in [6, 6.07) is 8.63. The summed E-state index contributed by atoms with van der Waals surface area (Å²) in [4.78, 5) is 12.7. The van der Waals surface area contributed by atoms with Crippen molar-refractivity contribution in [3.05, 3.63) is 35.4 Å². The smallest absolute Gasteiger partial charge is 0.322 e. The van der Waals surface area contributed by atoms with E-state index in [0.717, 1.165) is 13.0 Å². The van der Waals surface area contributed by atoms with E-state index in [1.54, 1.807) is 7.11 Å². The van der Waals surface area contributed by atoms with Crippen molar-refractivity contribution in [3.8, 4) is 6.01 Å². The molecule has 2 aromatic rings. The number of aromatic nitrogens is 3. The molecule has 2 N–H and O–H groups in total. The molecule has 0 radical (unpaired) electrons. The largest absolute Gasteiger partial charge is 0.467 e. The van der Waals surface area contributed by atoms with Crippen LogP contribution >= 0.6 is 0 Å². The average molecular weight is 287 g/mol. The number of nitrogens with one attached hydrogen (secondary N) is 2. The van der Waals surface area contributed by atoms with Crippen LogP contribution in [0.25, 0.3) is 0 Å². The molecule has 0 atom stereocenters. The lowest BCUT2D eigenvalue weighted by molar-refractivity contribution is 0.379. The first-order chi connectivity index (χ1) is 10.3. The van der Waals surface area contributed by atoms with E-state index >= 15 is 0 Å². The molecule has 0 saturated heterocycles. The second-order valence-corrected chi connectivity index (χ2v) is 4.48. The summed E-state index contributed by atoms with van der Waals surface area (Å²) in [5.41, 5.74) is 2.56. The first-order valence-corrected chi connectivity index (χ1v) is 7.11.